The zero-order valence-electron chi connectivity index (χ0n) is 11.6. The first-order chi connectivity index (χ1) is 10.1. The van der Waals surface area contributed by atoms with Gasteiger partial charge in [-0.15, -0.1) is 0 Å². The van der Waals surface area contributed by atoms with Gasteiger partial charge in [-0.25, -0.2) is 4.39 Å². The molecule has 0 saturated heterocycles. The third-order valence-corrected chi connectivity index (χ3v) is 3.87. The summed E-state index contributed by atoms with van der Waals surface area (Å²) < 4.78 is 21.3. The van der Waals surface area contributed by atoms with E-state index in [1.165, 1.54) is 6.07 Å². The fraction of sp³-hybridized carbons (Fsp3) is 0.250. The zero-order valence-corrected chi connectivity index (χ0v) is 14.8. The van der Waals surface area contributed by atoms with Gasteiger partial charge in [0, 0.05) is 21.1 Å². The van der Waals surface area contributed by atoms with Crippen LogP contribution < -0.4 is 10.1 Å². The van der Waals surface area contributed by atoms with Crippen molar-refractivity contribution in [2.24, 2.45) is 0 Å². The predicted octanol–water partition coefficient (Wildman–Crippen LogP) is 5.64. The van der Waals surface area contributed by atoms with Gasteiger partial charge in [0.1, 0.15) is 5.75 Å². The molecule has 2 aromatic carbocycles. The molecule has 0 bridgehead atoms. The number of halogens is 3. The smallest absolute Gasteiger partial charge is 0.166 e. The van der Waals surface area contributed by atoms with Crippen molar-refractivity contribution in [1.29, 1.82) is 0 Å². The lowest BCUT2D eigenvalue weighted by atomic mass is 10.2. The quantitative estimate of drug-likeness (QED) is 0.615. The fourth-order valence-corrected chi connectivity index (χ4v) is 2.60. The molecule has 0 heterocycles. The first-order valence-electron chi connectivity index (χ1n) is 6.72. The Hall–Kier alpha value is -0.910. The molecule has 0 saturated carbocycles. The summed E-state index contributed by atoms with van der Waals surface area (Å²) in [5.74, 6) is 0.486. The van der Waals surface area contributed by atoms with Crippen molar-refractivity contribution >= 4 is 31.9 Å². The summed E-state index contributed by atoms with van der Waals surface area (Å²) in [4.78, 5) is 0. The third kappa shape index (κ3) is 4.80. The Morgan fingerprint density at radius 2 is 1.71 bits per heavy atom. The van der Waals surface area contributed by atoms with E-state index in [0.29, 0.717) is 16.8 Å². The standard InChI is InChI=1S/C16H16Br2FNO/c1-2-7-20-10-11-8-12(17)3-5-15(11)21-16-6-4-13(18)9-14(16)19/h3-6,8-9,20H,2,7,10H2,1H3. The lowest BCUT2D eigenvalue weighted by molar-refractivity contribution is 0.435. The minimum atomic E-state index is -0.389. The Bertz CT molecular complexity index is 619. The van der Waals surface area contributed by atoms with Crippen LogP contribution >= 0.6 is 31.9 Å². The predicted molar refractivity (Wildman–Crippen MR) is 90.3 cm³/mol. The van der Waals surface area contributed by atoms with E-state index in [2.05, 4.69) is 44.1 Å². The number of nitrogens with one attached hydrogen (secondary N) is 1. The van der Waals surface area contributed by atoms with Crippen molar-refractivity contribution in [1.82, 2.24) is 5.32 Å². The van der Waals surface area contributed by atoms with E-state index in [1.54, 1.807) is 12.1 Å². The Balaban J connectivity index is 2.22. The molecule has 5 heteroatoms. The minimum Gasteiger partial charge on any atom is -0.454 e. The van der Waals surface area contributed by atoms with Crippen LogP contribution in [0, 0.1) is 5.82 Å². The maximum absolute atomic E-state index is 13.9. The summed E-state index contributed by atoms with van der Waals surface area (Å²) in [6.07, 6.45) is 1.06. The second-order valence-corrected chi connectivity index (χ2v) is 6.44. The van der Waals surface area contributed by atoms with E-state index in [9.17, 15) is 4.39 Å². The first-order valence-corrected chi connectivity index (χ1v) is 8.31. The van der Waals surface area contributed by atoms with Crippen molar-refractivity contribution in [3.8, 4) is 11.5 Å². The Kier molecular flexibility index (Phi) is 6.21. The summed E-state index contributed by atoms with van der Waals surface area (Å²) in [5.41, 5.74) is 0.986. The van der Waals surface area contributed by atoms with E-state index >= 15 is 0 Å². The molecule has 0 fully saturated rings. The highest BCUT2D eigenvalue weighted by Crippen LogP contribution is 2.30. The molecule has 0 aromatic heterocycles. The minimum absolute atomic E-state index is 0.220. The Morgan fingerprint density at radius 1 is 1.05 bits per heavy atom. The van der Waals surface area contributed by atoms with Gasteiger partial charge in [0.2, 0.25) is 0 Å². The molecule has 0 amide bonds. The molecular formula is C16H16Br2FNO. The van der Waals surface area contributed by atoms with Crippen LogP contribution in [0.4, 0.5) is 4.39 Å². The van der Waals surface area contributed by atoms with Crippen LogP contribution in [0.25, 0.3) is 0 Å². The number of ether oxygens (including phenoxy) is 1. The first kappa shape index (κ1) is 16.5. The molecular weight excluding hydrogens is 401 g/mol. The topological polar surface area (TPSA) is 21.3 Å². The van der Waals surface area contributed by atoms with Crippen molar-refractivity contribution in [3.05, 3.63) is 56.7 Å². The van der Waals surface area contributed by atoms with Crippen molar-refractivity contribution in [2.45, 2.75) is 19.9 Å². The molecule has 1 N–H and O–H groups in total. The largest absolute Gasteiger partial charge is 0.454 e. The highest BCUT2D eigenvalue weighted by Gasteiger charge is 2.09. The highest BCUT2D eigenvalue weighted by atomic mass is 79.9. The van der Waals surface area contributed by atoms with Gasteiger partial charge in [0.25, 0.3) is 0 Å². The van der Waals surface area contributed by atoms with E-state index in [4.69, 9.17) is 4.74 Å². The van der Waals surface area contributed by atoms with Crippen molar-refractivity contribution < 1.29 is 9.13 Å². The average Bonchev–Trinajstić information content (AvgIpc) is 2.44. The molecule has 0 unspecified atom stereocenters. The summed E-state index contributed by atoms with van der Waals surface area (Å²) in [7, 11) is 0. The van der Waals surface area contributed by atoms with E-state index in [-0.39, 0.29) is 11.6 Å². The van der Waals surface area contributed by atoms with Gasteiger partial charge in [-0.05, 0) is 49.4 Å². The average molecular weight is 417 g/mol. The van der Waals surface area contributed by atoms with E-state index in [0.717, 1.165) is 23.0 Å². The van der Waals surface area contributed by atoms with Crippen LogP contribution in [0.2, 0.25) is 0 Å². The van der Waals surface area contributed by atoms with Crippen molar-refractivity contribution in [2.75, 3.05) is 6.54 Å². The van der Waals surface area contributed by atoms with Gasteiger partial charge in [-0.1, -0.05) is 38.8 Å². The molecule has 112 valence electrons. The summed E-state index contributed by atoms with van der Waals surface area (Å²) >= 11 is 6.69. The Labute approximate surface area is 141 Å². The maximum atomic E-state index is 13.9. The number of hydrogen-bond acceptors (Lipinski definition) is 2. The molecule has 0 radical (unpaired) electrons. The SMILES string of the molecule is CCCNCc1cc(Br)ccc1Oc1ccc(Br)cc1F. The number of rotatable bonds is 6. The van der Waals surface area contributed by atoms with Crippen LogP contribution in [-0.2, 0) is 6.54 Å². The number of hydrogen-bond donors (Lipinski definition) is 1. The molecule has 2 aromatic rings. The summed E-state index contributed by atoms with van der Waals surface area (Å²) in [5, 5.41) is 3.33. The molecule has 2 nitrogen and oxygen atoms in total. The molecule has 2 rings (SSSR count). The van der Waals surface area contributed by atoms with Gasteiger partial charge in [0.15, 0.2) is 11.6 Å². The van der Waals surface area contributed by atoms with Gasteiger partial charge in [-0.2, -0.15) is 0 Å². The van der Waals surface area contributed by atoms with E-state index < -0.39 is 0 Å². The van der Waals surface area contributed by atoms with E-state index in [1.807, 2.05) is 18.2 Å². The van der Waals surface area contributed by atoms with Gasteiger partial charge in [-0.3, -0.25) is 0 Å². The van der Waals surface area contributed by atoms with Crippen LogP contribution in [0.5, 0.6) is 11.5 Å². The maximum Gasteiger partial charge on any atom is 0.166 e. The van der Waals surface area contributed by atoms with Gasteiger partial charge < -0.3 is 10.1 Å². The monoisotopic (exact) mass is 415 g/mol. The zero-order chi connectivity index (χ0) is 15.2. The van der Waals surface area contributed by atoms with Crippen LogP contribution in [0.1, 0.15) is 18.9 Å². The molecule has 0 aliphatic carbocycles. The lowest BCUT2D eigenvalue weighted by Gasteiger charge is -2.13. The highest BCUT2D eigenvalue weighted by molar-refractivity contribution is 9.10. The van der Waals surface area contributed by atoms with Gasteiger partial charge in [0.05, 0.1) is 0 Å². The number of benzene rings is 2. The van der Waals surface area contributed by atoms with Crippen LogP contribution in [-0.4, -0.2) is 6.54 Å². The van der Waals surface area contributed by atoms with Crippen molar-refractivity contribution in [3.63, 3.8) is 0 Å². The molecule has 0 spiro atoms. The van der Waals surface area contributed by atoms with Crippen LogP contribution in [0.3, 0.4) is 0 Å². The third-order valence-electron chi connectivity index (χ3n) is 2.88. The normalized spacial score (nSPS) is 10.7. The molecule has 21 heavy (non-hydrogen) atoms. The molecule has 0 atom stereocenters. The fourth-order valence-electron chi connectivity index (χ4n) is 1.86. The second kappa shape index (κ2) is 7.92. The van der Waals surface area contributed by atoms with Crippen LogP contribution in [0.15, 0.2) is 45.3 Å². The lowest BCUT2D eigenvalue weighted by Crippen LogP contribution is -2.14. The molecule has 0 aliphatic rings. The summed E-state index contributed by atoms with van der Waals surface area (Å²) in [6.45, 7) is 3.72. The summed E-state index contributed by atoms with van der Waals surface area (Å²) in [6, 6.07) is 10.5. The Morgan fingerprint density at radius 3 is 2.38 bits per heavy atom. The second-order valence-electron chi connectivity index (χ2n) is 4.61. The molecule has 0 aliphatic heterocycles. The van der Waals surface area contributed by atoms with Gasteiger partial charge >= 0.3 is 0 Å².